The number of rotatable bonds is 4. The Hall–Kier alpha value is -2.73. The van der Waals surface area contributed by atoms with Gasteiger partial charge in [0.15, 0.2) is 0 Å². The quantitative estimate of drug-likeness (QED) is 0.930. The van der Waals surface area contributed by atoms with Gasteiger partial charge in [-0.05, 0) is 49.2 Å². The highest BCUT2D eigenvalue weighted by Crippen LogP contribution is 2.25. The number of hydrogen-bond donors (Lipinski definition) is 1. The molecule has 1 saturated heterocycles. The third-order valence-corrected chi connectivity index (χ3v) is 4.22. The van der Waals surface area contributed by atoms with Crippen molar-refractivity contribution in [3.05, 3.63) is 54.4 Å². The molecule has 25 heavy (non-hydrogen) atoms. The normalized spacial score (nSPS) is 14.8. The van der Waals surface area contributed by atoms with E-state index in [9.17, 15) is 9.59 Å². The fraction of sp³-hybridized carbons (Fsp3) is 0.316. The van der Waals surface area contributed by atoms with Crippen molar-refractivity contribution in [2.24, 2.45) is 0 Å². The predicted octanol–water partition coefficient (Wildman–Crippen LogP) is 2.87. The van der Waals surface area contributed by atoms with Crippen LogP contribution < -0.4 is 10.2 Å². The van der Waals surface area contributed by atoms with E-state index in [1.54, 1.807) is 37.4 Å². The molecule has 0 saturated carbocycles. The molecule has 1 aromatic heterocycles. The Kier molecular flexibility index (Phi) is 5.40. The summed E-state index contributed by atoms with van der Waals surface area (Å²) in [7, 11) is 0. The predicted molar refractivity (Wildman–Crippen MR) is 95.6 cm³/mol. The van der Waals surface area contributed by atoms with Gasteiger partial charge in [0.2, 0.25) is 5.91 Å². The molecule has 1 aliphatic heterocycles. The van der Waals surface area contributed by atoms with E-state index in [1.807, 2.05) is 17.0 Å². The first-order chi connectivity index (χ1) is 12.1. The fourth-order valence-corrected chi connectivity index (χ4v) is 3.00. The lowest BCUT2D eigenvalue weighted by molar-refractivity contribution is -0.117. The van der Waals surface area contributed by atoms with Crippen molar-refractivity contribution in [1.29, 1.82) is 0 Å². The summed E-state index contributed by atoms with van der Waals surface area (Å²) in [6.45, 7) is 2.93. The molecule has 6 nitrogen and oxygen atoms in total. The zero-order chi connectivity index (χ0) is 17.6. The van der Waals surface area contributed by atoms with Crippen LogP contribution in [0.1, 0.15) is 30.1 Å². The largest absolute Gasteiger partial charge is 0.381 e. The summed E-state index contributed by atoms with van der Waals surface area (Å²) < 4.78 is 5.38. The summed E-state index contributed by atoms with van der Waals surface area (Å²) in [5.74, 6) is -0.201. The number of nitrogens with one attached hydrogen (secondary N) is 1. The monoisotopic (exact) mass is 339 g/mol. The first-order valence-corrected chi connectivity index (χ1v) is 8.34. The number of amides is 2. The van der Waals surface area contributed by atoms with Crippen LogP contribution in [0, 0.1) is 0 Å². The third kappa shape index (κ3) is 4.22. The van der Waals surface area contributed by atoms with Gasteiger partial charge in [-0.1, -0.05) is 0 Å². The van der Waals surface area contributed by atoms with Crippen LogP contribution in [0.15, 0.2) is 48.8 Å². The van der Waals surface area contributed by atoms with Crippen LogP contribution in [0.25, 0.3) is 0 Å². The van der Waals surface area contributed by atoms with Gasteiger partial charge < -0.3 is 15.0 Å². The molecule has 1 fully saturated rings. The molecule has 1 aromatic carbocycles. The van der Waals surface area contributed by atoms with Crippen LogP contribution >= 0.6 is 0 Å². The van der Waals surface area contributed by atoms with E-state index in [4.69, 9.17) is 4.74 Å². The van der Waals surface area contributed by atoms with E-state index in [-0.39, 0.29) is 17.9 Å². The van der Waals surface area contributed by atoms with Crippen molar-refractivity contribution in [1.82, 2.24) is 4.98 Å². The maximum absolute atomic E-state index is 12.2. The van der Waals surface area contributed by atoms with E-state index in [0.29, 0.717) is 24.5 Å². The molecule has 1 N–H and O–H groups in total. The number of carbonyl (C=O) groups is 2. The van der Waals surface area contributed by atoms with Crippen LogP contribution in [-0.2, 0) is 9.53 Å². The van der Waals surface area contributed by atoms with Crippen molar-refractivity contribution < 1.29 is 14.3 Å². The summed E-state index contributed by atoms with van der Waals surface area (Å²) in [6, 6.07) is 10.9. The summed E-state index contributed by atoms with van der Waals surface area (Å²) in [6.07, 6.45) is 4.81. The summed E-state index contributed by atoms with van der Waals surface area (Å²) in [5, 5.41) is 2.83. The van der Waals surface area contributed by atoms with Gasteiger partial charge in [0.05, 0.1) is 5.56 Å². The molecule has 0 radical (unpaired) electrons. The van der Waals surface area contributed by atoms with Gasteiger partial charge in [0.25, 0.3) is 5.91 Å². The number of pyridine rings is 1. The summed E-state index contributed by atoms with van der Waals surface area (Å²) in [4.78, 5) is 30.0. The van der Waals surface area contributed by atoms with E-state index in [0.717, 1.165) is 18.5 Å². The van der Waals surface area contributed by atoms with Crippen molar-refractivity contribution in [3.63, 3.8) is 0 Å². The lowest BCUT2D eigenvalue weighted by Crippen LogP contribution is -2.42. The van der Waals surface area contributed by atoms with E-state index in [1.165, 1.54) is 6.20 Å². The van der Waals surface area contributed by atoms with E-state index < -0.39 is 0 Å². The third-order valence-electron chi connectivity index (χ3n) is 4.22. The van der Waals surface area contributed by atoms with Gasteiger partial charge in [-0.2, -0.15) is 0 Å². The summed E-state index contributed by atoms with van der Waals surface area (Å²) in [5.41, 5.74) is 2.01. The SMILES string of the molecule is CC(=O)N(c1ccc(NC(=O)c2cccnc2)cc1)C1CCOCC1. The van der Waals surface area contributed by atoms with Crippen molar-refractivity contribution in [3.8, 4) is 0 Å². The van der Waals surface area contributed by atoms with Crippen molar-refractivity contribution >= 4 is 23.2 Å². The average molecular weight is 339 g/mol. The second-order valence-electron chi connectivity index (χ2n) is 5.98. The van der Waals surface area contributed by atoms with Gasteiger partial charge >= 0.3 is 0 Å². The molecule has 0 unspecified atom stereocenters. The molecule has 2 heterocycles. The molecule has 0 atom stereocenters. The number of ether oxygens (including phenoxy) is 1. The molecule has 2 amide bonds. The molecule has 3 rings (SSSR count). The highest BCUT2D eigenvalue weighted by atomic mass is 16.5. The second-order valence-corrected chi connectivity index (χ2v) is 5.98. The minimum absolute atomic E-state index is 0.0130. The first kappa shape index (κ1) is 17.1. The molecule has 130 valence electrons. The Morgan fingerprint density at radius 1 is 1.16 bits per heavy atom. The minimum Gasteiger partial charge on any atom is -0.381 e. The standard InChI is InChI=1S/C19H21N3O3/c1-14(23)22(18-8-11-25-12-9-18)17-6-4-16(5-7-17)21-19(24)15-3-2-10-20-13-15/h2-7,10,13,18H,8-9,11-12H2,1H3,(H,21,24). The number of carbonyl (C=O) groups excluding carboxylic acids is 2. The molecule has 2 aromatic rings. The Bertz CT molecular complexity index is 725. The molecular weight excluding hydrogens is 318 g/mol. The van der Waals surface area contributed by atoms with Crippen molar-refractivity contribution in [2.45, 2.75) is 25.8 Å². The Morgan fingerprint density at radius 2 is 1.88 bits per heavy atom. The van der Waals surface area contributed by atoms with Crippen LogP contribution in [0.3, 0.4) is 0 Å². The Morgan fingerprint density at radius 3 is 2.48 bits per heavy atom. The maximum atomic E-state index is 12.2. The van der Waals surface area contributed by atoms with Crippen LogP contribution in [0.2, 0.25) is 0 Å². The number of anilines is 2. The number of nitrogens with zero attached hydrogens (tertiary/aromatic N) is 2. The minimum atomic E-state index is -0.214. The first-order valence-electron chi connectivity index (χ1n) is 8.34. The van der Waals surface area contributed by atoms with E-state index in [2.05, 4.69) is 10.3 Å². The second kappa shape index (κ2) is 7.90. The van der Waals surface area contributed by atoms with Gasteiger partial charge in [-0.3, -0.25) is 14.6 Å². The van der Waals surface area contributed by atoms with E-state index >= 15 is 0 Å². The van der Waals surface area contributed by atoms with Gasteiger partial charge in [0.1, 0.15) is 0 Å². The average Bonchev–Trinajstić information content (AvgIpc) is 2.65. The van der Waals surface area contributed by atoms with Gasteiger partial charge in [-0.15, -0.1) is 0 Å². The Balaban J connectivity index is 1.72. The highest BCUT2D eigenvalue weighted by molar-refractivity contribution is 6.04. The molecule has 1 aliphatic rings. The zero-order valence-corrected chi connectivity index (χ0v) is 14.1. The van der Waals surface area contributed by atoms with Crippen LogP contribution in [0.5, 0.6) is 0 Å². The maximum Gasteiger partial charge on any atom is 0.257 e. The zero-order valence-electron chi connectivity index (χ0n) is 14.1. The summed E-state index contributed by atoms with van der Waals surface area (Å²) >= 11 is 0. The molecule has 0 aliphatic carbocycles. The smallest absolute Gasteiger partial charge is 0.257 e. The van der Waals surface area contributed by atoms with Gasteiger partial charge in [-0.25, -0.2) is 0 Å². The van der Waals surface area contributed by atoms with Crippen LogP contribution in [0.4, 0.5) is 11.4 Å². The molecular formula is C19H21N3O3. The van der Waals surface area contributed by atoms with Crippen LogP contribution in [-0.4, -0.2) is 36.1 Å². The molecule has 6 heteroatoms. The van der Waals surface area contributed by atoms with Crippen molar-refractivity contribution in [2.75, 3.05) is 23.4 Å². The molecule has 0 bridgehead atoms. The topological polar surface area (TPSA) is 71.5 Å². The Labute approximate surface area is 146 Å². The lowest BCUT2D eigenvalue weighted by Gasteiger charge is -2.33. The number of hydrogen-bond acceptors (Lipinski definition) is 4. The lowest BCUT2D eigenvalue weighted by atomic mass is 10.1. The van der Waals surface area contributed by atoms with Gasteiger partial charge in [0, 0.05) is 49.9 Å². The number of aromatic nitrogens is 1. The highest BCUT2D eigenvalue weighted by Gasteiger charge is 2.24. The fourth-order valence-electron chi connectivity index (χ4n) is 3.00. The molecule has 0 spiro atoms. The number of benzene rings is 1.